The maximum atomic E-state index is 14.5. The summed E-state index contributed by atoms with van der Waals surface area (Å²) < 4.78 is 19.4. The van der Waals surface area contributed by atoms with Crippen molar-refractivity contribution in [1.82, 2.24) is 0 Å². The van der Waals surface area contributed by atoms with Crippen LogP contribution in [0.15, 0.2) is 72.3 Å². The summed E-state index contributed by atoms with van der Waals surface area (Å²) in [6.07, 6.45) is 1.31. The van der Waals surface area contributed by atoms with E-state index < -0.39 is 80.1 Å². The number of aromatic hydroxyl groups is 2. The molecule has 4 amide bonds. The van der Waals surface area contributed by atoms with Crippen molar-refractivity contribution in [3.8, 4) is 17.2 Å². The van der Waals surface area contributed by atoms with Gasteiger partial charge in [0.05, 0.1) is 30.3 Å². The molecule has 246 valence electrons. The molecule has 0 radical (unpaired) electrons. The highest BCUT2D eigenvalue weighted by Crippen LogP contribution is 2.67. The maximum Gasteiger partial charge on any atom is 0.339 e. The molecular weight excluding hydrogens is 670 g/mol. The fraction of sp³-hybridized carbons (Fsp3) is 0.265. The van der Waals surface area contributed by atoms with Gasteiger partial charge in [0, 0.05) is 17.5 Å². The zero-order chi connectivity index (χ0) is 34.4. The number of benzene rings is 3. The summed E-state index contributed by atoms with van der Waals surface area (Å²) in [5, 5.41) is 30.9. The summed E-state index contributed by atoms with van der Waals surface area (Å²) in [6, 6.07) is 12.3. The number of allylic oxidation sites excluding steroid dienone is 2. The van der Waals surface area contributed by atoms with Gasteiger partial charge in [-0.05, 0) is 67.3 Å². The van der Waals surface area contributed by atoms with E-state index in [-0.39, 0.29) is 41.3 Å². The predicted octanol–water partition coefficient (Wildman–Crippen LogP) is 4.71. The van der Waals surface area contributed by atoms with E-state index in [1.54, 1.807) is 6.08 Å². The van der Waals surface area contributed by atoms with Gasteiger partial charge in [-0.3, -0.25) is 19.2 Å². The van der Waals surface area contributed by atoms with Crippen molar-refractivity contribution < 1.29 is 48.4 Å². The van der Waals surface area contributed by atoms with Gasteiger partial charge in [0.25, 0.3) is 11.8 Å². The number of carboxylic acids is 1. The van der Waals surface area contributed by atoms with Crippen LogP contribution in [0.1, 0.15) is 34.7 Å². The van der Waals surface area contributed by atoms with Gasteiger partial charge in [0.1, 0.15) is 28.6 Å². The number of carboxylic acid groups (broad SMARTS) is 1. The first-order valence-electron chi connectivity index (χ1n) is 14.8. The van der Waals surface area contributed by atoms with Crippen molar-refractivity contribution in [3.63, 3.8) is 0 Å². The van der Waals surface area contributed by atoms with Gasteiger partial charge in [-0.2, -0.15) is 0 Å². The average Bonchev–Trinajstić information content (AvgIpc) is 3.39. The van der Waals surface area contributed by atoms with Crippen molar-refractivity contribution in [2.45, 2.75) is 28.5 Å². The van der Waals surface area contributed by atoms with Crippen molar-refractivity contribution in [1.29, 1.82) is 0 Å². The lowest BCUT2D eigenvalue weighted by molar-refractivity contribution is -0.125. The van der Waals surface area contributed by atoms with Crippen LogP contribution in [0.4, 0.5) is 15.8 Å². The second-order valence-electron chi connectivity index (χ2n) is 12.2. The molecule has 48 heavy (non-hydrogen) atoms. The fourth-order valence-electron chi connectivity index (χ4n) is 7.81. The number of carbonyl (C=O) groups is 5. The minimum Gasteiger partial charge on any atom is -0.508 e. The Bertz CT molecular complexity index is 2000. The molecule has 3 aromatic rings. The number of aromatic carboxylic acids is 1. The molecule has 0 bridgehead atoms. The molecule has 2 aliphatic heterocycles. The number of methoxy groups -OCH3 is 1. The summed E-state index contributed by atoms with van der Waals surface area (Å²) in [7, 11) is 1.34. The molecule has 6 atom stereocenters. The van der Waals surface area contributed by atoms with E-state index in [1.807, 2.05) is 0 Å². The molecule has 0 spiro atoms. The summed E-state index contributed by atoms with van der Waals surface area (Å²) in [4.78, 5) is 65.4. The number of phenolic OH excluding ortho intramolecular Hbond substituents is 1. The van der Waals surface area contributed by atoms with Crippen LogP contribution in [-0.4, -0.2) is 61.8 Å². The number of amides is 4. The zero-order valence-electron chi connectivity index (χ0n) is 24.9. The van der Waals surface area contributed by atoms with E-state index in [0.717, 1.165) is 34.1 Å². The molecule has 4 aliphatic rings. The Hall–Kier alpha value is -4.94. The molecule has 0 aromatic heterocycles. The summed E-state index contributed by atoms with van der Waals surface area (Å²) in [5.41, 5.74) is -0.0545. The highest BCUT2D eigenvalue weighted by molar-refractivity contribution is 6.58. The smallest absolute Gasteiger partial charge is 0.339 e. The molecule has 3 N–H and O–H groups in total. The third-order valence-electron chi connectivity index (χ3n) is 9.92. The summed E-state index contributed by atoms with van der Waals surface area (Å²) in [5.74, 6) is -10.4. The van der Waals surface area contributed by atoms with Gasteiger partial charge >= 0.3 is 5.97 Å². The van der Waals surface area contributed by atoms with E-state index in [0.29, 0.717) is 5.57 Å². The van der Waals surface area contributed by atoms with Gasteiger partial charge in [0.2, 0.25) is 11.8 Å². The number of phenols is 2. The first-order valence-corrected chi connectivity index (χ1v) is 15.5. The number of hydrogen-bond acceptors (Lipinski definition) is 8. The molecule has 1 saturated carbocycles. The highest BCUT2D eigenvalue weighted by Gasteiger charge is 2.77. The number of anilines is 2. The molecule has 3 aromatic carbocycles. The number of fused-ring (bicyclic) bond motifs is 4. The highest BCUT2D eigenvalue weighted by atomic mass is 35.5. The normalized spacial score (nSPS) is 29.4. The maximum absolute atomic E-state index is 14.5. The van der Waals surface area contributed by atoms with Gasteiger partial charge in [-0.1, -0.05) is 17.7 Å². The van der Waals surface area contributed by atoms with Crippen LogP contribution in [0.25, 0.3) is 0 Å². The SMILES string of the molecule is COc1cccc(O)c1[C@H]1C2=CC[C@@H]3C(=O)N(c4ccc(C(=O)O)c(O)c4)C(=O)[C@@H]3[C@@H]2C[C@@]2(Cl)C(=O)N(c3ccc(F)cc3)C(=O)[C@@]12Cl. The van der Waals surface area contributed by atoms with Crippen molar-refractivity contribution >= 4 is 64.2 Å². The molecule has 2 aliphatic carbocycles. The van der Waals surface area contributed by atoms with Crippen molar-refractivity contribution in [2.24, 2.45) is 17.8 Å². The standard InChI is InChI=1S/C34H25Cl2FN2O9/c1-48-24-4-2-3-22(40)26(24)27-18-11-12-20-25(29(43)38(28(20)42)17-9-10-19(30(44)45)23(41)13-17)21(18)14-33(35)31(46)39(32(47)34(27,33)36)16-7-5-15(37)6-8-16/h2-11,13,20-21,25,27,40-41H,12,14H2,1H3,(H,44,45)/t20-,21+,25-,27+,33+,34-/m0/s1. The van der Waals surface area contributed by atoms with Crippen LogP contribution in [0.3, 0.4) is 0 Å². The number of rotatable bonds is 5. The molecule has 11 nitrogen and oxygen atoms in total. The van der Waals surface area contributed by atoms with Gasteiger partial charge in [0.15, 0.2) is 9.75 Å². The van der Waals surface area contributed by atoms with Gasteiger partial charge in [-0.25, -0.2) is 19.0 Å². The molecule has 0 unspecified atom stereocenters. The van der Waals surface area contributed by atoms with Gasteiger partial charge < -0.3 is 20.1 Å². The number of alkyl halides is 2. The lowest BCUT2D eigenvalue weighted by Gasteiger charge is -2.50. The third-order valence-corrected chi connectivity index (χ3v) is 11.3. The van der Waals surface area contributed by atoms with Crippen LogP contribution in [0, 0.1) is 23.6 Å². The topological polar surface area (TPSA) is 162 Å². The van der Waals surface area contributed by atoms with Crippen LogP contribution in [-0.2, 0) is 19.2 Å². The second kappa shape index (κ2) is 10.8. The van der Waals surface area contributed by atoms with E-state index in [9.17, 15) is 43.7 Å². The van der Waals surface area contributed by atoms with E-state index in [1.165, 1.54) is 43.5 Å². The quantitative estimate of drug-likeness (QED) is 0.195. The van der Waals surface area contributed by atoms with E-state index in [2.05, 4.69) is 0 Å². The number of carbonyl (C=O) groups excluding carboxylic acids is 4. The fourth-order valence-corrected chi connectivity index (χ4v) is 8.73. The Morgan fingerprint density at radius 1 is 0.896 bits per heavy atom. The lowest BCUT2D eigenvalue weighted by Crippen LogP contribution is -2.60. The van der Waals surface area contributed by atoms with Crippen molar-refractivity contribution in [2.75, 3.05) is 16.9 Å². The van der Waals surface area contributed by atoms with Crippen LogP contribution >= 0.6 is 23.2 Å². The Morgan fingerprint density at radius 3 is 2.23 bits per heavy atom. The number of ether oxygens (including phenoxy) is 1. The Balaban J connectivity index is 1.40. The first kappa shape index (κ1) is 31.6. The van der Waals surface area contributed by atoms with Gasteiger partial charge in [-0.15, -0.1) is 23.2 Å². The Kier molecular flexibility index (Phi) is 7.12. The van der Waals surface area contributed by atoms with Crippen molar-refractivity contribution in [3.05, 3.63) is 89.3 Å². The molecule has 14 heteroatoms. The lowest BCUT2D eigenvalue weighted by atomic mass is 9.56. The summed E-state index contributed by atoms with van der Waals surface area (Å²) >= 11 is 14.7. The molecule has 2 heterocycles. The minimum atomic E-state index is -2.29. The zero-order valence-corrected chi connectivity index (χ0v) is 26.4. The molecule has 2 saturated heterocycles. The molecule has 3 fully saturated rings. The monoisotopic (exact) mass is 694 g/mol. The molecule has 7 rings (SSSR count). The number of hydrogen-bond donors (Lipinski definition) is 3. The van der Waals surface area contributed by atoms with E-state index in [4.69, 9.17) is 27.9 Å². The number of nitrogens with zero attached hydrogens (tertiary/aromatic N) is 2. The average molecular weight is 695 g/mol. The number of imide groups is 2. The number of halogens is 3. The molecular formula is C34H25Cl2FN2O9. The largest absolute Gasteiger partial charge is 0.508 e. The first-order chi connectivity index (χ1) is 22.8. The summed E-state index contributed by atoms with van der Waals surface area (Å²) in [6.45, 7) is 0. The second-order valence-corrected chi connectivity index (χ2v) is 13.4. The van der Waals surface area contributed by atoms with Crippen LogP contribution in [0.2, 0.25) is 0 Å². The van der Waals surface area contributed by atoms with Crippen LogP contribution in [0.5, 0.6) is 17.2 Å². The van der Waals surface area contributed by atoms with Crippen LogP contribution < -0.4 is 14.5 Å². The minimum absolute atomic E-state index is 0.00147. The Labute approximate surface area is 281 Å². The third kappa shape index (κ3) is 4.08. The van der Waals surface area contributed by atoms with E-state index >= 15 is 0 Å². The Morgan fingerprint density at radius 2 is 1.58 bits per heavy atom. The predicted molar refractivity (Wildman–Crippen MR) is 169 cm³/mol.